The molecule has 1 aromatic carbocycles. The molecule has 2 rings (SSSR count). The molecular weight excluding hydrogens is 510 g/mol. The topological polar surface area (TPSA) is 82.3 Å². The van der Waals surface area contributed by atoms with Crippen LogP contribution in [0.4, 0.5) is 0 Å². The van der Waals surface area contributed by atoms with Crippen molar-refractivity contribution in [3.8, 4) is 11.8 Å². The lowest BCUT2D eigenvalue weighted by Gasteiger charge is -2.10. The standard InChI is InChI=1S/C15H14I2N2O3/c16-11-5-9(14(20)13(17)6-11)4-10(7-18)15(21)19-8-12-2-1-3-22-12/h4-6,12,20H,1-3,8H2,(H,19,21)/b10-4+/t12-/m0/s1. The Kier molecular flexibility index (Phi) is 6.46. The summed E-state index contributed by atoms with van der Waals surface area (Å²) in [5.74, 6) is -0.382. The van der Waals surface area contributed by atoms with E-state index in [0.717, 1.165) is 23.0 Å². The highest BCUT2D eigenvalue weighted by Gasteiger charge is 2.18. The average Bonchev–Trinajstić information content (AvgIpc) is 3.00. The molecule has 7 heteroatoms. The van der Waals surface area contributed by atoms with Gasteiger partial charge in [-0.2, -0.15) is 5.26 Å². The van der Waals surface area contributed by atoms with Crippen molar-refractivity contribution in [1.82, 2.24) is 5.32 Å². The minimum absolute atomic E-state index is 0.0240. The van der Waals surface area contributed by atoms with E-state index in [9.17, 15) is 15.2 Å². The monoisotopic (exact) mass is 524 g/mol. The van der Waals surface area contributed by atoms with E-state index >= 15 is 0 Å². The highest BCUT2D eigenvalue weighted by atomic mass is 127. The van der Waals surface area contributed by atoms with E-state index in [4.69, 9.17) is 4.74 Å². The zero-order valence-electron chi connectivity index (χ0n) is 11.6. The van der Waals surface area contributed by atoms with Gasteiger partial charge in [-0.25, -0.2) is 0 Å². The maximum atomic E-state index is 12.1. The van der Waals surface area contributed by atoms with Gasteiger partial charge in [0.05, 0.1) is 9.67 Å². The van der Waals surface area contributed by atoms with E-state index < -0.39 is 5.91 Å². The number of halogens is 2. The second kappa shape index (κ2) is 8.12. The molecule has 0 saturated carbocycles. The van der Waals surface area contributed by atoms with Crippen molar-refractivity contribution in [3.63, 3.8) is 0 Å². The number of nitriles is 1. The quantitative estimate of drug-likeness (QED) is 0.361. The van der Waals surface area contributed by atoms with Crippen LogP contribution in [0.15, 0.2) is 17.7 Å². The second-order valence-corrected chi connectivity index (χ2v) is 7.25. The van der Waals surface area contributed by atoms with Crippen LogP contribution in [0.5, 0.6) is 5.75 Å². The predicted molar refractivity (Wildman–Crippen MR) is 99.1 cm³/mol. The van der Waals surface area contributed by atoms with Crippen LogP contribution in [0.2, 0.25) is 0 Å². The van der Waals surface area contributed by atoms with Crippen molar-refractivity contribution in [2.75, 3.05) is 13.2 Å². The van der Waals surface area contributed by atoms with Crippen LogP contribution in [-0.4, -0.2) is 30.3 Å². The number of carbonyl (C=O) groups is 1. The number of nitrogens with one attached hydrogen (secondary N) is 1. The van der Waals surface area contributed by atoms with Crippen LogP contribution in [0, 0.1) is 18.5 Å². The van der Waals surface area contributed by atoms with Crippen LogP contribution < -0.4 is 5.32 Å². The smallest absolute Gasteiger partial charge is 0.262 e. The summed E-state index contributed by atoms with van der Waals surface area (Å²) in [7, 11) is 0. The first-order valence-corrected chi connectivity index (χ1v) is 8.86. The summed E-state index contributed by atoms with van der Waals surface area (Å²) in [6.07, 6.45) is 3.35. The summed E-state index contributed by atoms with van der Waals surface area (Å²) in [6.45, 7) is 1.12. The second-order valence-electron chi connectivity index (χ2n) is 4.84. The Labute approximate surface area is 156 Å². The van der Waals surface area contributed by atoms with Crippen LogP contribution in [0.25, 0.3) is 6.08 Å². The van der Waals surface area contributed by atoms with Gasteiger partial charge < -0.3 is 15.2 Å². The molecule has 5 nitrogen and oxygen atoms in total. The number of hydrogen-bond donors (Lipinski definition) is 2. The molecule has 0 radical (unpaired) electrons. The molecule has 1 fully saturated rings. The molecule has 1 heterocycles. The Morgan fingerprint density at radius 3 is 2.95 bits per heavy atom. The molecule has 1 aliphatic rings. The van der Waals surface area contributed by atoms with Gasteiger partial charge in [-0.05, 0) is 76.2 Å². The predicted octanol–water partition coefficient (Wildman–Crippen LogP) is 2.80. The summed E-state index contributed by atoms with van der Waals surface area (Å²) in [5.41, 5.74) is 0.422. The Bertz CT molecular complexity index is 647. The first kappa shape index (κ1) is 17.5. The Morgan fingerprint density at radius 2 is 2.32 bits per heavy atom. The summed E-state index contributed by atoms with van der Waals surface area (Å²) >= 11 is 4.13. The molecule has 116 valence electrons. The average molecular weight is 524 g/mol. The fourth-order valence-electron chi connectivity index (χ4n) is 2.11. The molecule has 1 amide bonds. The number of aromatic hydroxyl groups is 1. The SMILES string of the molecule is N#C/C(=C\c1cc(I)cc(I)c1O)C(=O)NC[C@@H]1CCCO1. The first-order valence-electron chi connectivity index (χ1n) is 6.71. The molecular formula is C15H14I2N2O3. The lowest BCUT2D eigenvalue weighted by molar-refractivity contribution is -0.117. The van der Waals surface area contributed by atoms with E-state index in [1.807, 2.05) is 34.7 Å². The third-order valence-electron chi connectivity index (χ3n) is 3.24. The molecule has 0 unspecified atom stereocenters. The van der Waals surface area contributed by atoms with Gasteiger partial charge in [0.2, 0.25) is 0 Å². The maximum Gasteiger partial charge on any atom is 0.262 e. The van der Waals surface area contributed by atoms with E-state index in [1.54, 1.807) is 6.07 Å². The van der Waals surface area contributed by atoms with Gasteiger partial charge in [-0.15, -0.1) is 0 Å². The minimum atomic E-state index is -0.453. The van der Waals surface area contributed by atoms with E-state index in [-0.39, 0.29) is 17.4 Å². The lowest BCUT2D eigenvalue weighted by Crippen LogP contribution is -2.32. The van der Waals surface area contributed by atoms with Crippen LogP contribution in [0.1, 0.15) is 18.4 Å². The first-order chi connectivity index (χ1) is 10.5. The van der Waals surface area contributed by atoms with Gasteiger partial charge in [-0.3, -0.25) is 4.79 Å². The van der Waals surface area contributed by atoms with Crippen LogP contribution in [0.3, 0.4) is 0 Å². The van der Waals surface area contributed by atoms with Crippen molar-refractivity contribution in [1.29, 1.82) is 5.26 Å². The number of phenols is 1. The van der Waals surface area contributed by atoms with E-state index in [0.29, 0.717) is 15.7 Å². The largest absolute Gasteiger partial charge is 0.506 e. The van der Waals surface area contributed by atoms with Gasteiger partial charge in [0.15, 0.2) is 0 Å². The van der Waals surface area contributed by atoms with E-state index in [2.05, 4.69) is 27.9 Å². The third-order valence-corrected chi connectivity index (χ3v) is 4.68. The molecule has 0 spiro atoms. The molecule has 1 atom stereocenters. The molecule has 2 N–H and O–H groups in total. The zero-order valence-corrected chi connectivity index (χ0v) is 15.9. The molecule has 0 aliphatic carbocycles. The zero-order chi connectivity index (χ0) is 16.1. The van der Waals surface area contributed by atoms with Gasteiger partial charge in [-0.1, -0.05) is 0 Å². The third kappa shape index (κ3) is 4.57. The highest BCUT2D eigenvalue weighted by Crippen LogP contribution is 2.28. The fraction of sp³-hybridized carbons (Fsp3) is 0.333. The van der Waals surface area contributed by atoms with E-state index in [1.165, 1.54) is 6.08 Å². The molecule has 1 aliphatic heterocycles. The Hall–Kier alpha value is -0.860. The summed E-state index contributed by atoms with van der Waals surface area (Å²) in [6, 6.07) is 5.43. The number of carbonyl (C=O) groups excluding carboxylic acids is 1. The Morgan fingerprint density at radius 1 is 1.55 bits per heavy atom. The molecule has 1 saturated heterocycles. The number of ether oxygens (including phenoxy) is 1. The number of nitrogens with zero attached hydrogens (tertiary/aromatic N) is 1. The molecule has 22 heavy (non-hydrogen) atoms. The van der Waals surface area contributed by atoms with Crippen molar-refractivity contribution in [2.45, 2.75) is 18.9 Å². The number of benzene rings is 1. The van der Waals surface area contributed by atoms with Gasteiger partial charge in [0, 0.05) is 22.3 Å². The van der Waals surface area contributed by atoms with Crippen LogP contribution in [-0.2, 0) is 9.53 Å². The van der Waals surface area contributed by atoms with Crippen LogP contribution >= 0.6 is 45.2 Å². The summed E-state index contributed by atoms with van der Waals surface area (Å²) < 4.78 is 7.02. The van der Waals surface area contributed by atoms with Crippen molar-refractivity contribution in [2.24, 2.45) is 0 Å². The summed E-state index contributed by atoms with van der Waals surface area (Å²) in [4.78, 5) is 12.1. The normalized spacial score (nSPS) is 18.0. The number of hydrogen-bond acceptors (Lipinski definition) is 4. The summed E-state index contributed by atoms with van der Waals surface area (Å²) in [5, 5.41) is 21.9. The van der Waals surface area contributed by atoms with Crippen molar-refractivity contribution in [3.05, 3.63) is 30.4 Å². The molecule has 0 aromatic heterocycles. The van der Waals surface area contributed by atoms with Gasteiger partial charge in [0.1, 0.15) is 17.4 Å². The van der Waals surface area contributed by atoms with Gasteiger partial charge >= 0.3 is 0 Å². The van der Waals surface area contributed by atoms with Crippen molar-refractivity contribution >= 4 is 57.2 Å². The maximum absolute atomic E-state index is 12.1. The Balaban J connectivity index is 2.13. The van der Waals surface area contributed by atoms with Crippen molar-refractivity contribution < 1.29 is 14.6 Å². The number of rotatable bonds is 4. The molecule has 0 bridgehead atoms. The minimum Gasteiger partial charge on any atom is -0.506 e. The van der Waals surface area contributed by atoms with Gasteiger partial charge in [0.25, 0.3) is 5.91 Å². The highest BCUT2D eigenvalue weighted by molar-refractivity contribution is 14.1. The number of amides is 1. The molecule has 1 aromatic rings. The fourth-order valence-corrected chi connectivity index (χ4v) is 4.00. The number of phenolic OH excluding ortho intramolecular Hbond substituents is 1. The lowest BCUT2D eigenvalue weighted by atomic mass is 10.1.